The van der Waals surface area contributed by atoms with Crippen LogP contribution in [0.2, 0.25) is 0 Å². The number of pyridine rings is 1. The summed E-state index contributed by atoms with van der Waals surface area (Å²) in [7, 11) is 1.86. The van der Waals surface area contributed by atoms with Crippen LogP contribution in [0, 0.1) is 0 Å². The van der Waals surface area contributed by atoms with E-state index in [1.165, 1.54) is 0 Å². The van der Waals surface area contributed by atoms with Gasteiger partial charge in [-0.15, -0.1) is 0 Å². The lowest BCUT2D eigenvalue weighted by Gasteiger charge is -2.12. The van der Waals surface area contributed by atoms with Gasteiger partial charge in [-0.05, 0) is 32.9 Å². The summed E-state index contributed by atoms with van der Waals surface area (Å²) < 4.78 is 1.87. The van der Waals surface area contributed by atoms with Gasteiger partial charge in [0, 0.05) is 24.8 Å². The van der Waals surface area contributed by atoms with Crippen LogP contribution in [0.25, 0.3) is 11.0 Å². The molecule has 0 bridgehead atoms. The molecule has 0 atom stereocenters. The lowest BCUT2D eigenvalue weighted by atomic mass is 10.0. The third-order valence-electron chi connectivity index (χ3n) is 3.57. The van der Waals surface area contributed by atoms with Crippen molar-refractivity contribution >= 4 is 16.9 Å². The number of fused-ring (bicyclic) bond motifs is 1. The smallest absolute Gasteiger partial charge is 0.252 e. The minimum absolute atomic E-state index is 0.0761. The Bertz CT molecular complexity index is 660. The van der Waals surface area contributed by atoms with Crippen molar-refractivity contribution in [3.05, 3.63) is 23.5 Å². The minimum atomic E-state index is -0.0761. The van der Waals surface area contributed by atoms with Crippen molar-refractivity contribution in [2.45, 2.75) is 39.7 Å². The van der Waals surface area contributed by atoms with E-state index in [-0.39, 0.29) is 17.9 Å². The number of hydrogen-bond donors (Lipinski definition) is 2. The van der Waals surface area contributed by atoms with Crippen LogP contribution in [0.4, 0.5) is 0 Å². The van der Waals surface area contributed by atoms with Gasteiger partial charge in [0.1, 0.15) is 0 Å². The lowest BCUT2D eigenvalue weighted by molar-refractivity contribution is 0.0955. The molecule has 0 saturated heterocycles. The van der Waals surface area contributed by atoms with E-state index in [0.29, 0.717) is 12.1 Å². The molecule has 1 amide bonds. The van der Waals surface area contributed by atoms with Crippen LogP contribution in [0.1, 0.15) is 55.7 Å². The first-order valence-corrected chi connectivity index (χ1v) is 7.76. The molecule has 22 heavy (non-hydrogen) atoms. The van der Waals surface area contributed by atoms with Crippen LogP contribution in [-0.2, 0) is 0 Å². The van der Waals surface area contributed by atoms with E-state index in [4.69, 9.17) is 4.98 Å². The fourth-order valence-corrected chi connectivity index (χ4v) is 2.30. The van der Waals surface area contributed by atoms with Crippen LogP contribution in [0.5, 0.6) is 0 Å². The molecule has 2 aromatic heterocycles. The van der Waals surface area contributed by atoms with Crippen molar-refractivity contribution in [2.75, 3.05) is 20.1 Å². The Balaban J connectivity index is 2.49. The number of carbonyl (C=O) groups excluding carboxylic acids is 1. The summed E-state index contributed by atoms with van der Waals surface area (Å²) in [6, 6.07) is 2.08. The van der Waals surface area contributed by atoms with Gasteiger partial charge in [0.25, 0.3) is 5.91 Å². The van der Waals surface area contributed by atoms with Crippen molar-refractivity contribution < 1.29 is 4.79 Å². The van der Waals surface area contributed by atoms with Gasteiger partial charge in [0.2, 0.25) is 0 Å². The molecule has 2 heterocycles. The van der Waals surface area contributed by atoms with Crippen LogP contribution in [0.3, 0.4) is 0 Å². The first-order valence-electron chi connectivity index (χ1n) is 7.76. The predicted molar refractivity (Wildman–Crippen MR) is 88.3 cm³/mol. The van der Waals surface area contributed by atoms with Gasteiger partial charge in [0.05, 0.1) is 17.1 Å². The number of nitrogens with one attached hydrogen (secondary N) is 2. The van der Waals surface area contributed by atoms with E-state index < -0.39 is 0 Å². The molecule has 0 radical (unpaired) electrons. The van der Waals surface area contributed by atoms with Crippen molar-refractivity contribution in [3.8, 4) is 0 Å². The summed E-state index contributed by atoms with van der Waals surface area (Å²) in [5, 5.41) is 11.1. The van der Waals surface area contributed by atoms with Gasteiger partial charge >= 0.3 is 0 Å². The molecule has 0 aliphatic heterocycles. The highest BCUT2D eigenvalue weighted by Gasteiger charge is 2.18. The zero-order valence-corrected chi connectivity index (χ0v) is 14.0. The van der Waals surface area contributed by atoms with Gasteiger partial charge in [-0.25, -0.2) is 9.67 Å². The average molecular weight is 303 g/mol. The normalized spacial score (nSPS) is 11.6. The quantitative estimate of drug-likeness (QED) is 0.802. The molecule has 6 heteroatoms. The average Bonchev–Trinajstić information content (AvgIpc) is 2.90. The van der Waals surface area contributed by atoms with Crippen molar-refractivity contribution in [3.63, 3.8) is 0 Å². The third kappa shape index (κ3) is 3.27. The van der Waals surface area contributed by atoms with E-state index in [2.05, 4.69) is 43.4 Å². The Hall–Kier alpha value is -1.95. The first kappa shape index (κ1) is 16.4. The topological polar surface area (TPSA) is 71.8 Å². The molecule has 0 aromatic carbocycles. The number of likely N-dealkylation sites (N-methyl/N-ethyl adjacent to an activating group) is 1. The maximum absolute atomic E-state index is 12.5. The molecule has 0 saturated carbocycles. The van der Waals surface area contributed by atoms with Gasteiger partial charge in [-0.1, -0.05) is 13.8 Å². The Morgan fingerprint density at radius 1 is 1.27 bits per heavy atom. The summed E-state index contributed by atoms with van der Waals surface area (Å²) in [4.78, 5) is 17.2. The van der Waals surface area contributed by atoms with E-state index in [9.17, 15) is 4.79 Å². The van der Waals surface area contributed by atoms with Crippen molar-refractivity contribution in [2.24, 2.45) is 0 Å². The number of rotatable bonds is 6. The highest BCUT2D eigenvalue weighted by atomic mass is 16.1. The van der Waals surface area contributed by atoms with Crippen molar-refractivity contribution in [1.29, 1.82) is 0 Å². The minimum Gasteiger partial charge on any atom is -0.351 e. The summed E-state index contributed by atoms with van der Waals surface area (Å²) in [5.41, 5.74) is 2.34. The molecule has 2 N–H and O–H groups in total. The van der Waals surface area contributed by atoms with Gasteiger partial charge in [-0.2, -0.15) is 5.10 Å². The second-order valence-corrected chi connectivity index (χ2v) is 6.03. The molecular weight excluding hydrogens is 278 g/mol. The zero-order valence-electron chi connectivity index (χ0n) is 14.0. The van der Waals surface area contributed by atoms with E-state index in [1.807, 2.05) is 17.8 Å². The molecule has 0 unspecified atom stereocenters. The highest BCUT2D eigenvalue weighted by Crippen LogP contribution is 2.24. The number of nitrogens with zero attached hydrogens (tertiary/aromatic N) is 3. The standard InChI is InChI=1S/C16H25N5O/c1-10(2)14-8-12(16(22)18-7-6-17-5)13-9-19-21(11(3)4)15(13)20-14/h8-11,17H,6-7H2,1-5H3,(H,18,22). The summed E-state index contributed by atoms with van der Waals surface area (Å²) in [6.07, 6.45) is 1.74. The second kappa shape index (κ2) is 6.87. The maximum atomic E-state index is 12.5. The number of carbonyl (C=O) groups is 1. The van der Waals surface area contributed by atoms with Crippen LogP contribution >= 0.6 is 0 Å². The Morgan fingerprint density at radius 3 is 2.59 bits per heavy atom. The number of hydrogen-bond acceptors (Lipinski definition) is 4. The molecule has 0 fully saturated rings. The fourth-order valence-electron chi connectivity index (χ4n) is 2.30. The summed E-state index contributed by atoms with van der Waals surface area (Å²) in [6.45, 7) is 9.60. The Labute approximate surface area is 131 Å². The maximum Gasteiger partial charge on any atom is 0.252 e. The molecule has 6 nitrogen and oxygen atoms in total. The monoisotopic (exact) mass is 303 g/mol. The SMILES string of the molecule is CNCCNC(=O)c1cc(C(C)C)nc2c1cnn2C(C)C. The van der Waals surface area contributed by atoms with Gasteiger partial charge in [0.15, 0.2) is 5.65 Å². The Kier molecular flexibility index (Phi) is 5.13. The lowest BCUT2D eigenvalue weighted by Crippen LogP contribution is -2.30. The number of aromatic nitrogens is 3. The first-order chi connectivity index (χ1) is 10.5. The predicted octanol–water partition coefficient (Wildman–Crippen LogP) is 2.08. The molecule has 0 aliphatic carbocycles. The fraction of sp³-hybridized carbons (Fsp3) is 0.562. The van der Waals surface area contributed by atoms with E-state index in [0.717, 1.165) is 23.3 Å². The van der Waals surface area contributed by atoms with E-state index in [1.54, 1.807) is 6.20 Å². The zero-order chi connectivity index (χ0) is 16.3. The number of amides is 1. The summed E-state index contributed by atoms with van der Waals surface area (Å²) >= 11 is 0. The third-order valence-corrected chi connectivity index (χ3v) is 3.57. The van der Waals surface area contributed by atoms with Gasteiger partial charge in [-0.3, -0.25) is 4.79 Å². The second-order valence-electron chi connectivity index (χ2n) is 6.03. The van der Waals surface area contributed by atoms with Crippen LogP contribution < -0.4 is 10.6 Å². The Morgan fingerprint density at radius 2 is 2.00 bits per heavy atom. The molecule has 0 aliphatic rings. The van der Waals surface area contributed by atoms with Crippen molar-refractivity contribution in [1.82, 2.24) is 25.4 Å². The molecule has 120 valence electrons. The largest absolute Gasteiger partial charge is 0.351 e. The van der Waals surface area contributed by atoms with E-state index >= 15 is 0 Å². The molecule has 2 rings (SSSR count). The van der Waals surface area contributed by atoms with Crippen LogP contribution in [0.15, 0.2) is 12.3 Å². The molecule has 2 aromatic rings. The summed E-state index contributed by atoms with van der Waals surface area (Å²) in [5.74, 6) is 0.177. The molecular formula is C16H25N5O. The highest BCUT2D eigenvalue weighted by molar-refractivity contribution is 6.05. The van der Waals surface area contributed by atoms with Gasteiger partial charge < -0.3 is 10.6 Å². The molecule has 0 spiro atoms. The van der Waals surface area contributed by atoms with Crippen LogP contribution in [-0.4, -0.2) is 40.8 Å².